The van der Waals surface area contributed by atoms with Gasteiger partial charge in [0.25, 0.3) is 0 Å². The number of esters is 1. The first-order valence-corrected chi connectivity index (χ1v) is 5.97. The van der Waals surface area contributed by atoms with E-state index < -0.39 is 29.4 Å². The van der Waals surface area contributed by atoms with Gasteiger partial charge in [-0.05, 0) is 19.1 Å². The summed E-state index contributed by atoms with van der Waals surface area (Å²) in [6, 6.07) is 0. The molecule has 0 unspecified atom stereocenters. The lowest BCUT2D eigenvalue weighted by Crippen LogP contribution is -2.24. The van der Waals surface area contributed by atoms with Crippen molar-refractivity contribution in [2.45, 2.75) is 13.1 Å². The molecule has 21 heavy (non-hydrogen) atoms. The Bertz CT molecular complexity index is 617. The van der Waals surface area contributed by atoms with Crippen molar-refractivity contribution in [3.05, 3.63) is 35.6 Å². The number of hydrogen-bond donors (Lipinski definition) is 1. The van der Waals surface area contributed by atoms with Gasteiger partial charge in [0, 0.05) is 0 Å². The minimum absolute atomic E-state index is 0.0549. The fourth-order valence-electron chi connectivity index (χ4n) is 1.80. The number of alkyl halides is 3. The quantitative estimate of drug-likeness (QED) is 0.529. The molecule has 0 aliphatic carbocycles. The van der Waals surface area contributed by atoms with Crippen molar-refractivity contribution in [3.8, 4) is 0 Å². The summed E-state index contributed by atoms with van der Waals surface area (Å²) in [6.07, 6.45) is -1.89. The van der Waals surface area contributed by atoms with Crippen LogP contribution >= 0.6 is 0 Å². The van der Waals surface area contributed by atoms with Gasteiger partial charge in [-0.15, -0.1) is 0 Å². The number of hydrogen-bond acceptors (Lipinski definition) is 4. The van der Waals surface area contributed by atoms with Gasteiger partial charge >= 0.3 is 12.1 Å². The van der Waals surface area contributed by atoms with Crippen molar-refractivity contribution in [1.29, 1.82) is 0 Å². The van der Waals surface area contributed by atoms with E-state index in [1.807, 2.05) is 0 Å². The van der Waals surface area contributed by atoms with Gasteiger partial charge in [0.05, 0.1) is 25.0 Å². The number of rotatable bonds is 3. The third-order valence-electron chi connectivity index (χ3n) is 2.67. The van der Waals surface area contributed by atoms with Crippen LogP contribution in [0.2, 0.25) is 0 Å². The Morgan fingerprint density at radius 1 is 1.48 bits per heavy atom. The summed E-state index contributed by atoms with van der Waals surface area (Å²) in [6.45, 7) is 1.24. The maximum atomic E-state index is 13.2. The van der Waals surface area contributed by atoms with Crippen LogP contribution in [0.4, 0.5) is 17.6 Å². The van der Waals surface area contributed by atoms with Gasteiger partial charge in [-0.3, -0.25) is 0 Å². The van der Waals surface area contributed by atoms with E-state index in [1.165, 1.54) is 6.92 Å². The molecule has 0 amide bonds. The van der Waals surface area contributed by atoms with Gasteiger partial charge in [0.2, 0.25) is 0 Å². The Hall–Kier alpha value is -2.32. The second-order valence-electron chi connectivity index (χ2n) is 4.06. The third-order valence-corrected chi connectivity index (χ3v) is 2.67. The number of carbonyl (C=O) groups excluding carboxylic acids is 1. The fraction of sp³-hybridized carbons (Fsp3) is 0.333. The molecule has 0 saturated carbocycles. The van der Waals surface area contributed by atoms with Gasteiger partial charge in [-0.25, -0.2) is 9.48 Å². The van der Waals surface area contributed by atoms with Crippen LogP contribution in [-0.4, -0.2) is 28.9 Å². The predicted octanol–water partition coefficient (Wildman–Crippen LogP) is 2.33. The average molecular weight is 305 g/mol. The van der Waals surface area contributed by atoms with Gasteiger partial charge in [0.15, 0.2) is 11.6 Å². The van der Waals surface area contributed by atoms with E-state index in [4.69, 9.17) is 0 Å². The topological polar surface area (TPSA) is 56.1 Å². The van der Waals surface area contributed by atoms with Gasteiger partial charge in [-0.2, -0.15) is 22.7 Å². The Balaban J connectivity index is 2.51. The van der Waals surface area contributed by atoms with E-state index in [1.54, 1.807) is 0 Å². The molecule has 0 aromatic carbocycles. The molecule has 0 atom stereocenters. The number of nitrogens with zero attached hydrogens (tertiary/aromatic N) is 2. The van der Waals surface area contributed by atoms with Crippen molar-refractivity contribution in [3.63, 3.8) is 0 Å². The maximum Gasteiger partial charge on any atom is 0.434 e. The number of halogens is 4. The molecule has 2 rings (SSSR count). The minimum atomic E-state index is -4.81. The number of allylic oxidation sites excluding steroid dienone is 2. The Labute approximate surface area is 116 Å². The number of carbonyl (C=O) groups is 1. The highest BCUT2D eigenvalue weighted by Gasteiger charge is 2.41. The molecular formula is C12H11F4N3O2. The second kappa shape index (κ2) is 5.58. The van der Waals surface area contributed by atoms with Crippen molar-refractivity contribution >= 4 is 11.7 Å². The van der Waals surface area contributed by atoms with Crippen molar-refractivity contribution < 1.29 is 27.1 Å². The van der Waals surface area contributed by atoms with E-state index in [0.29, 0.717) is 4.68 Å². The van der Waals surface area contributed by atoms with Crippen molar-refractivity contribution in [2.75, 3.05) is 13.2 Å². The Kier molecular flexibility index (Phi) is 4.01. The van der Waals surface area contributed by atoms with Crippen LogP contribution in [0.3, 0.4) is 0 Å². The molecule has 0 spiro atoms. The lowest BCUT2D eigenvalue weighted by atomic mass is 10.2. The zero-order valence-electron chi connectivity index (χ0n) is 10.9. The zero-order valence-corrected chi connectivity index (χ0v) is 10.9. The number of ether oxygens (including phenoxy) is 1. The highest BCUT2D eigenvalue weighted by atomic mass is 19.4. The highest BCUT2D eigenvalue weighted by molar-refractivity contribution is 5.91. The van der Waals surface area contributed by atoms with E-state index in [2.05, 4.69) is 15.2 Å². The number of nitrogens with one attached hydrogen (secondary N) is 1. The van der Waals surface area contributed by atoms with Crippen LogP contribution in [0.15, 0.2) is 24.3 Å². The normalized spacial score (nSPS) is 15.1. The zero-order chi connectivity index (χ0) is 15.6. The molecule has 114 valence electrons. The van der Waals surface area contributed by atoms with Gasteiger partial charge in [-0.1, -0.05) is 0 Å². The minimum Gasteiger partial charge on any atom is -0.462 e. The molecule has 9 heteroatoms. The maximum absolute atomic E-state index is 13.2. The molecule has 2 heterocycles. The Morgan fingerprint density at radius 2 is 2.19 bits per heavy atom. The molecule has 0 radical (unpaired) electrons. The first kappa shape index (κ1) is 15.1. The summed E-state index contributed by atoms with van der Waals surface area (Å²) in [7, 11) is 0. The van der Waals surface area contributed by atoms with E-state index >= 15 is 0 Å². The first-order valence-electron chi connectivity index (χ1n) is 5.97. The third kappa shape index (κ3) is 3.06. The average Bonchev–Trinajstić information content (AvgIpc) is 2.84. The van der Waals surface area contributed by atoms with Crippen LogP contribution < -0.4 is 5.32 Å². The van der Waals surface area contributed by atoms with E-state index in [0.717, 1.165) is 18.3 Å². The summed E-state index contributed by atoms with van der Waals surface area (Å²) < 4.78 is 57.5. The SMILES string of the molecule is CCOC(=O)c1cnn(C2=CC=C(F)NC2)c1C(F)(F)F. The summed E-state index contributed by atoms with van der Waals surface area (Å²) in [4.78, 5) is 11.6. The summed E-state index contributed by atoms with van der Waals surface area (Å²) in [5.41, 5.74) is -1.87. The number of dihydropyridines is 1. The standard InChI is InChI=1S/C12H11F4N3O2/c1-2-21-11(20)8-6-18-19(10(8)12(14,15)16)7-3-4-9(13)17-5-7/h3-4,6,17H,2,5H2,1H3. The first-order chi connectivity index (χ1) is 9.84. The molecule has 1 N–H and O–H groups in total. The lowest BCUT2D eigenvalue weighted by Gasteiger charge is -2.17. The van der Waals surface area contributed by atoms with E-state index in [9.17, 15) is 22.4 Å². The molecule has 0 bridgehead atoms. The lowest BCUT2D eigenvalue weighted by molar-refractivity contribution is -0.143. The molecule has 1 aliphatic rings. The molecule has 1 aliphatic heterocycles. The fourth-order valence-corrected chi connectivity index (χ4v) is 1.80. The predicted molar refractivity (Wildman–Crippen MR) is 64.7 cm³/mol. The van der Waals surface area contributed by atoms with Crippen LogP contribution in [0.5, 0.6) is 0 Å². The van der Waals surface area contributed by atoms with Crippen molar-refractivity contribution in [2.24, 2.45) is 0 Å². The van der Waals surface area contributed by atoms with Crippen LogP contribution in [-0.2, 0) is 10.9 Å². The highest BCUT2D eigenvalue weighted by Crippen LogP contribution is 2.34. The van der Waals surface area contributed by atoms with Crippen molar-refractivity contribution in [1.82, 2.24) is 15.1 Å². The monoisotopic (exact) mass is 305 g/mol. The van der Waals surface area contributed by atoms with Gasteiger partial charge in [0.1, 0.15) is 5.56 Å². The molecule has 1 aromatic heterocycles. The second-order valence-corrected chi connectivity index (χ2v) is 4.06. The summed E-state index contributed by atoms with van der Waals surface area (Å²) >= 11 is 0. The van der Waals surface area contributed by atoms with Crippen LogP contribution in [0.1, 0.15) is 23.0 Å². The molecule has 0 saturated heterocycles. The largest absolute Gasteiger partial charge is 0.462 e. The number of aromatic nitrogens is 2. The molecular weight excluding hydrogens is 294 g/mol. The van der Waals surface area contributed by atoms with Gasteiger partial charge < -0.3 is 10.1 Å². The summed E-state index contributed by atoms with van der Waals surface area (Å²) in [5.74, 6) is -1.77. The molecule has 1 aromatic rings. The molecule has 0 fully saturated rings. The Morgan fingerprint density at radius 3 is 2.71 bits per heavy atom. The molecule has 5 nitrogen and oxygen atoms in total. The van der Waals surface area contributed by atoms with Crippen LogP contribution in [0.25, 0.3) is 5.70 Å². The van der Waals surface area contributed by atoms with Crippen LogP contribution in [0, 0.1) is 0 Å². The smallest absolute Gasteiger partial charge is 0.434 e. The van der Waals surface area contributed by atoms with E-state index in [-0.39, 0.29) is 18.8 Å². The summed E-state index contributed by atoms with van der Waals surface area (Å²) in [5, 5.41) is 5.83.